The molecule has 3 N–H and O–H groups in total. The van der Waals surface area contributed by atoms with Crippen molar-refractivity contribution in [2.24, 2.45) is 11.8 Å². The number of rotatable bonds is 4. The summed E-state index contributed by atoms with van der Waals surface area (Å²) in [5.74, 6) is -1.35. The molecule has 0 saturated carbocycles. The fraction of sp³-hybridized carbons (Fsp3) is 0.333. The number of amides is 1. The molecule has 1 aliphatic carbocycles. The van der Waals surface area contributed by atoms with E-state index in [0.29, 0.717) is 17.8 Å². The zero-order valence-corrected chi connectivity index (χ0v) is 18.6. The Morgan fingerprint density at radius 2 is 1.74 bits per heavy atom. The second-order valence-electron chi connectivity index (χ2n) is 9.57. The van der Waals surface area contributed by atoms with Gasteiger partial charge in [-0.25, -0.2) is 4.39 Å². The Kier molecular flexibility index (Phi) is 5.12. The molecule has 174 valence electrons. The summed E-state index contributed by atoms with van der Waals surface area (Å²) >= 11 is 0. The first-order chi connectivity index (χ1) is 16.5. The van der Waals surface area contributed by atoms with Crippen molar-refractivity contribution >= 4 is 5.91 Å². The number of aromatic nitrogens is 1. The predicted molar refractivity (Wildman–Crippen MR) is 126 cm³/mol. The van der Waals surface area contributed by atoms with Gasteiger partial charge in [0, 0.05) is 42.4 Å². The summed E-state index contributed by atoms with van der Waals surface area (Å²) in [6.07, 6.45) is 1.59. The van der Waals surface area contributed by atoms with Crippen LogP contribution in [-0.2, 0) is 24.2 Å². The van der Waals surface area contributed by atoms with Crippen LogP contribution in [0.4, 0.5) is 4.39 Å². The topological polar surface area (TPSA) is 83.4 Å². The Labute approximate surface area is 196 Å². The molecule has 1 fully saturated rings. The fourth-order valence-corrected chi connectivity index (χ4v) is 6.09. The average Bonchev–Trinajstić information content (AvgIpc) is 3.38. The van der Waals surface area contributed by atoms with Gasteiger partial charge >= 0.3 is 0 Å². The summed E-state index contributed by atoms with van der Waals surface area (Å²) in [5.41, 5.74) is 3.51. The highest BCUT2D eigenvalue weighted by Crippen LogP contribution is 2.41. The molecule has 0 spiro atoms. The van der Waals surface area contributed by atoms with Crippen LogP contribution in [0.15, 0.2) is 65.5 Å². The first kappa shape index (κ1) is 21.3. The number of halogens is 1. The lowest BCUT2D eigenvalue weighted by Gasteiger charge is -2.28. The maximum Gasteiger partial charge on any atom is 0.258 e. The minimum Gasteiger partial charge on any atom is -0.396 e. The minimum absolute atomic E-state index is 0.0234. The molecule has 2 aromatic carbocycles. The van der Waals surface area contributed by atoms with Gasteiger partial charge < -0.3 is 20.3 Å². The molecule has 3 aliphatic rings. The van der Waals surface area contributed by atoms with Gasteiger partial charge in [0.1, 0.15) is 5.82 Å². The molecule has 4 atom stereocenters. The summed E-state index contributed by atoms with van der Waals surface area (Å²) in [5, 5.41) is 16.9. The van der Waals surface area contributed by atoms with Gasteiger partial charge in [-0.3, -0.25) is 9.59 Å². The van der Waals surface area contributed by atoms with E-state index in [1.807, 2.05) is 18.2 Å². The zero-order chi connectivity index (χ0) is 23.4. The molecule has 3 heterocycles. The average molecular weight is 460 g/mol. The van der Waals surface area contributed by atoms with Crippen molar-refractivity contribution in [1.82, 2.24) is 15.2 Å². The van der Waals surface area contributed by atoms with Crippen LogP contribution in [-0.4, -0.2) is 34.3 Å². The highest BCUT2D eigenvalue weighted by molar-refractivity contribution is 5.81. The van der Waals surface area contributed by atoms with Crippen molar-refractivity contribution < 1.29 is 14.3 Å². The normalized spacial score (nSPS) is 25.1. The number of hydrogen-bond acceptors (Lipinski definition) is 4. The van der Waals surface area contributed by atoms with Crippen LogP contribution in [0.5, 0.6) is 0 Å². The van der Waals surface area contributed by atoms with Crippen molar-refractivity contribution in [3.63, 3.8) is 0 Å². The molecular formula is C27H26FN3O3. The Hall–Kier alpha value is -3.29. The van der Waals surface area contributed by atoms with E-state index in [4.69, 9.17) is 0 Å². The van der Waals surface area contributed by atoms with Gasteiger partial charge in [0.15, 0.2) is 0 Å². The van der Waals surface area contributed by atoms with E-state index in [1.54, 1.807) is 28.8 Å². The van der Waals surface area contributed by atoms with E-state index >= 15 is 0 Å². The van der Waals surface area contributed by atoms with Gasteiger partial charge in [-0.15, -0.1) is 0 Å². The summed E-state index contributed by atoms with van der Waals surface area (Å²) < 4.78 is 16.0. The lowest BCUT2D eigenvalue weighted by atomic mass is 9.86. The molecule has 0 unspecified atom stereocenters. The van der Waals surface area contributed by atoms with Gasteiger partial charge in [0.05, 0.1) is 17.5 Å². The number of aliphatic hydroxyl groups is 1. The third kappa shape index (κ3) is 3.30. The Morgan fingerprint density at radius 1 is 1.03 bits per heavy atom. The van der Waals surface area contributed by atoms with Gasteiger partial charge in [0.2, 0.25) is 5.91 Å². The monoisotopic (exact) mass is 459 g/mol. The van der Waals surface area contributed by atoms with Crippen LogP contribution < -0.4 is 16.2 Å². The molecule has 1 saturated heterocycles. The first-order valence-corrected chi connectivity index (χ1v) is 11.8. The maximum atomic E-state index is 14.4. The molecule has 6 rings (SSSR count). The smallest absolute Gasteiger partial charge is 0.258 e. The van der Waals surface area contributed by atoms with Crippen LogP contribution in [0.25, 0.3) is 11.1 Å². The second kappa shape index (κ2) is 8.18. The van der Waals surface area contributed by atoms with E-state index in [1.165, 1.54) is 17.2 Å². The molecule has 2 aliphatic heterocycles. The lowest BCUT2D eigenvalue weighted by molar-refractivity contribution is -0.127. The molecule has 6 nitrogen and oxygen atoms in total. The molecule has 2 bridgehead atoms. The van der Waals surface area contributed by atoms with Gasteiger partial charge in [-0.2, -0.15) is 0 Å². The summed E-state index contributed by atoms with van der Waals surface area (Å²) in [6, 6.07) is 17.3. The van der Waals surface area contributed by atoms with E-state index < -0.39 is 11.7 Å². The number of fused-ring (bicyclic) bond motifs is 5. The van der Waals surface area contributed by atoms with Crippen LogP contribution in [0.2, 0.25) is 0 Å². The quantitative estimate of drug-likeness (QED) is 0.559. The number of pyridine rings is 1. The highest BCUT2D eigenvalue weighted by Gasteiger charge is 2.51. The largest absolute Gasteiger partial charge is 0.396 e. The zero-order valence-electron chi connectivity index (χ0n) is 18.6. The van der Waals surface area contributed by atoms with Crippen molar-refractivity contribution in [1.29, 1.82) is 0 Å². The summed E-state index contributed by atoms with van der Waals surface area (Å²) in [7, 11) is 0. The molecule has 1 aromatic heterocycles. The molecule has 0 radical (unpaired) electrons. The Bertz CT molecular complexity index is 1310. The predicted octanol–water partition coefficient (Wildman–Crippen LogP) is 2.19. The highest BCUT2D eigenvalue weighted by atomic mass is 19.1. The first-order valence-electron chi connectivity index (χ1n) is 11.8. The Balaban J connectivity index is 1.31. The number of nitrogens with zero attached hydrogens (tertiary/aromatic N) is 1. The molecule has 7 heteroatoms. The lowest BCUT2D eigenvalue weighted by Crippen LogP contribution is -2.44. The van der Waals surface area contributed by atoms with E-state index in [9.17, 15) is 19.1 Å². The number of carbonyl (C=O) groups is 1. The van der Waals surface area contributed by atoms with Crippen molar-refractivity contribution in [2.45, 2.75) is 37.5 Å². The van der Waals surface area contributed by atoms with Crippen LogP contribution >= 0.6 is 0 Å². The fourth-order valence-electron chi connectivity index (χ4n) is 6.09. The number of nitrogens with one attached hydrogen (secondary N) is 2. The van der Waals surface area contributed by atoms with Gasteiger partial charge in [-0.1, -0.05) is 42.5 Å². The number of benzene rings is 2. The van der Waals surface area contributed by atoms with Crippen LogP contribution in [0.3, 0.4) is 0 Å². The minimum atomic E-state index is -0.494. The van der Waals surface area contributed by atoms with Crippen molar-refractivity contribution in [3.8, 4) is 11.1 Å². The molecule has 34 heavy (non-hydrogen) atoms. The van der Waals surface area contributed by atoms with Crippen LogP contribution in [0.1, 0.15) is 22.9 Å². The van der Waals surface area contributed by atoms with Crippen LogP contribution in [0, 0.1) is 17.7 Å². The SMILES string of the molecule is O=C(NC1Cc2ccccc2C1)[C@@H]1[C@@H](CO)[C@@H]2Cn3c(ccc(-c4ccccc4F)c3=O)[C@H]1N2. The Morgan fingerprint density at radius 3 is 2.44 bits per heavy atom. The summed E-state index contributed by atoms with van der Waals surface area (Å²) in [4.78, 5) is 26.9. The second-order valence-corrected chi connectivity index (χ2v) is 9.57. The number of aliphatic hydroxyl groups excluding tert-OH is 1. The maximum absolute atomic E-state index is 14.4. The third-order valence-corrected chi connectivity index (χ3v) is 7.71. The molecule has 1 amide bonds. The van der Waals surface area contributed by atoms with E-state index in [-0.39, 0.29) is 47.7 Å². The van der Waals surface area contributed by atoms with Gasteiger partial charge in [-0.05, 0) is 42.2 Å². The van der Waals surface area contributed by atoms with E-state index in [0.717, 1.165) is 12.8 Å². The molecule has 3 aromatic rings. The van der Waals surface area contributed by atoms with Gasteiger partial charge in [0.25, 0.3) is 5.56 Å². The summed E-state index contributed by atoms with van der Waals surface area (Å²) in [6.45, 7) is 0.177. The molecular weight excluding hydrogens is 433 g/mol. The number of carbonyl (C=O) groups excluding carboxylic acids is 1. The van der Waals surface area contributed by atoms with Crippen molar-refractivity contribution in [2.75, 3.05) is 6.61 Å². The van der Waals surface area contributed by atoms with Crippen molar-refractivity contribution in [3.05, 3.63) is 93.7 Å². The number of hydrogen-bond donors (Lipinski definition) is 3. The standard InChI is InChI=1S/C27H26FN3O3/c28-21-8-4-3-7-18(21)19-9-10-23-25-24(20(14-32)22(30-25)13-31(23)27(19)34)26(33)29-17-11-15-5-1-2-6-16(15)12-17/h1-10,17,20,22,24-25,30,32H,11-14H2,(H,29,33)/t20-,22-,24+,25+/m0/s1. The third-order valence-electron chi connectivity index (χ3n) is 7.71. The van der Waals surface area contributed by atoms with E-state index in [2.05, 4.69) is 22.8 Å².